The van der Waals surface area contributed by atoms with E-state index >= 15 is 0 Å². The van der Waals surface area contributed by atoms with Gasteiger partial charge in [0.15, 0.2) is 0 Å². The third kappa shape index (κ3) is 3.76. The molecule has 3 rings (SSSR count). The lowest BCUT2D eigenvalue weighted by atomic mass is 10.1. The maximum absolute atomic E-state index is 13.1. The van der Waals surface area contributed by atoms with Crippen LogP contribution in [-0.4, -0.2) is 45.1 Å². The minimum absolute atomic E-state index is 0.0983. The van der Waals surface area contributed by atoms with E-state index in [1.807, 2.05) is 13.8 Å². The molecule has 28 heavy (non-hydrogen) atoms. The first kappa shape index (κ1) is 20.0. The zero-order valence-corrected chi connectivity index (χ0v) is 17.2. The van der Waals surface area contributed by atoms with Crippen LogP contribution in [0.15, 0.2) is 29.4 Å². The van der Waals surface area contributed by atoms with Crippen molar-refractivity contribution < 1.29 is 13.2 Å². The first-order valence-electron chi connectivity index (χ1n) is 8.67. The third-order valence-electron chi connectivity index (χ3n) is 4.14. The lowest BCUT2D eigenvalue weighted by molar-refractivity contribution is 0.118. The van der Waals surface area contributed by atoms with Crippen LogP contribution in [0.3, 0.4) is 0 Å². The van der Waals surface area contributed by atoms with Crippen LogP contribution in [0, 0.1) is 13.8 Å². The summed E-state index contributed by atoms with van der Waals surface area (Å²) >= 11 is 0. The molecule has 0 aliphatic carbocycles. The van der Waals surface area contributed by atoms with Crippen LogP contribution in [0.2, 0.25) is 0 Å². The van der Waals surface area contributed by atoms with Crippen molar-refractivity contribution in [3.8, 4) is 5.95 Å². The molecule has 10 nitrogen and oxygen atoms in total. The van der Waals surface area contributed by atoms with E-state index in [4.69, 9.17) is 4.74 Å². The van der Waals surface area contributed by atoms with Crippen molar-refractivity contribution in [2.24, 2.45) is 0 Å². The molecule has 0 bridgehead atoms. The monoisotopic (exact) mass is 405 g/mol. The van der Waals surface area contributed by atoms with Gasteiger partial charge in [0.05, 0.1) is 17.1 Å². The number of hydrogen-bond donors (Lipinski definition) is 1. The Balaban J connectivity index is 2.06. The lowest BCUT2D eigenvalue weighted by Crippen LogP contribution is -2.18. The number of ether oxygens (including phenoxy) is 1. The Morgan fingerprint density at radius 3 is 2.46 bits per heavy atom. The molecular weight excluding hydrogens is 382 g/mol. The Bertz CT molecular complexity index is 1070. The average Bonchev–Trinajstić information content (AvgIpc) is 3.17. The lowest BCUT2D eigenvalue weighted by Gasteiger charge is -2.10. The van der Waals surface area contributed by atoms with Crippen LogP contribution in [0.5, 0.6) is 0 Å². The summed E-state index contributed by atoms with van der Waals surface area (Å²) in [5.74, 6) is 0.630. The van der Waals surface area contributed by atoms with E-state index in [1.54, 1.807) is 38.4 Å². The summed E-state index contributed by atoms with van der Waals surface area (Å²) in [6, 6.07) is 3.36. The van der Waals surface area contributed by atoms with Crippen molar-refractivity contribution >= 4 is 15.8 Å². The number of methoxy groups -OCH3 is 1. The van der Waals surface area contributed by atoms with Gasteiger partial charge in [-0.25, -0.2) is 23.1 Å². The minimum Gasteiger partial charge on any atom is -0.362 e. The molecule has 0 unspecified atom stereocenters. The molecule has 0 aromatic carbocycles. The fraction of sp³-hybridized carbons (Fsp3) is 0.412. The van der Waals surface area contributed by atoms with Crippen LogP contribution in [0.4, 0.5) is 5.82 Å². The molecule has 1 N–H and O–H groups in total. The number of nitrogens with zero attached hydrogens (tertiary/aromatic N) is 6. The molecule has 3 heterocycles. The average molecular weight is 405 g/mol. The second-order valence-electron chi connectivity index (χ2n) is 6.59. The quantitative estimate of drug-likeness (QED) is 0.639. The number of hydrogen-bond acceptors (Lipinski definition) is 7. The first-order chi connectivity index (χ1) is 13.2. The molecule has 0 radical (unpaired) electrons. The van der Waals surface area contributed by atoms with Crippen molar-refractivity contribution in [1.29, 1.82) is 0 Å². The Hall–Kier alpha value is -2.79. The highest BCUT2D eigenvalue weighted by atomic mass is 32.2. The van der Waals surface area contributed by atoms with Crippen LogP contribution in [-0.2, 0) is 21.5 Å². The Morgan fingerprint density at radius 1 is 1.18 bits per heavy atom. The molecule has 150 valence electrons. The van der Waals surface area contributed by atoms with Gasteiger partial charge in [-0.05, 0) is 25.8 Å². The van der Waals surface area contributed by atoms with Gasteiger partial charge >= 0.3 is 0 Å². The summed E-state index contributed by atoms with van der Waals surface area (Å²) in [5, 5.41) is 8.71. The van der Waals surface area contributed by atoms with Crippen molar-refractivity contribution in [2.75, 3.05) is 11.8 Å². The molecule has 0 saturated heterocycles. The van der Waals surface area contributed by atoms with E-state index in [-0.39, 0.29) is 29.3 Å². The largest absolute Gasteiger partial charge is 0.362 e. The number of aromatic nitrogens is 6. The van der Waals surface area contributed by atoms with Crippen LogP contribution in [0.1, 0.15) is 36.8 Å². The SMILES string of the molecule is COCn1nc(C)c(S(=O)(=O)Nc2cc(C(C)C)nn2-c2ncccn2)c1C. The van der Waals surface area contributed by atoms with Gasteiger partial charge in [0.25, 0.3) is 16.0 Å². The molecule has 3 aromatic heterocycles. The molecule has 0 aliphatic rings. The maximum Gasteiger partial charge on any atom is 0.266 e. The summed E-state index contributed by atoms with van der Waals surface area (Å²) in [5.41, 5.74) is 1.58. The van der Waals surface area contributed by atoms with E-state index in [0.717, 1.165) is 0 Å². The van der Waals surface area contributed by atoms with Crippen LogP contribution in [0.25, 0.3) is 5.95 Å². The van der Waals surface area contributed by atoms with Gasteiger partial charge in [-0.1, -0.05) is 13.8 Å². The highest BCUT2D eigenvalue weighted by molar-refractivity contribution is 7.92. The Kier molecular flexibility index (Phi) is 5.47. The van der Waals surface area contributed by atoms with Gasteiger partial charge in [0.2, 0.25) is 0 Å². The van der Waals surface area contributed by atoms with Crippen molar-refractivity contribution in [3.05, 3.63) is 41.6 Å². The second kappa shape index (κ2) is 7.68. The molecule has 0 amide bonds. The van der Waals surface area contributed by atoms with Crippen molar-refractivity contribution in [1.82, 2.24) is 29.5 Å². The van der Waals surface area contributed by atoms with E-state index < -0.39 is 10.0 Å². The minimum atomic E-state index is -3.92. The highest BCUT2D eigenvalue weighted by Gasteiger charge is 2.27. The third-order valence-corrected chi connectivity index (χ3v) is 5.74. The number of nitrogens with one attached hydrogen (secondary N) is 1. The molecule has 0 saturated carbocycles. The molecule has 0 atom stereocenters. The summed E-state index contributed by atoms with van der Waals surface area (Å²) in [6.07, 6.45) is 3.14. The summed E-state index contributed by atoms with van der Waals surface area (Å²) in [6.45, 7) is 7.44. The van der Waals surface area contributed by atoms with E-state index in [1.165, 1.54) is 16.5 Å². The predicted octanol–water partition coefficient (Wildman–Crippen LogP) is 2.00. The zero-order chi connectivity index (χ0) is 20.5. The number of anilines is 1. The topological polar surface area (TPSA) is 117 Å². The Labute approximate surface area is 163 Å². The van der Waals surface area contributed by atoms with Gasteiger partial charge in [0, 0.05) is 25.6 Å². The van der Waals surface area contributed by atoms with Gasteiger partial charge in [-0.3, -0.25) is 4.72 Å². The zero-order valence-electron chi connectivity index (χ0n) is 16.4. The van der Waals surface area contributed by atoms with Gasteiger partial charge in [-0.2, -0.15) is 14.9 Å². The van der Waals surface area contributed by atoms with Crippen LogP contribution >= 0.6 is 0 Å². The van der Waals surface area contributed by atoms with E-state index in [2.05, 4.69) is 24.9 Å². The molecular formula is C17H23N7O3S. The first-order valence-corrected chi connectivity index (χ1v) is 10.2. The molecule has 0 aliphatic heterocycles. The second-order valence-corrected chi connectivity index (χ2v) is 8.21. The number of rotatable bonds is 7. The summed E-state index contributed by atoms with van der Waals surface area (Å²) in [4.78, 5) is 8.45. The number of aryl methyl sites for hydroxylation is 1. The normalized spacial score (nSPS) is 11.9. The number of sulfonamides is 1. The van der Waals surface area contributed by atoms with Crippen molar-refractivity contribution in [2.45, 2.75) is 45.2 Å². The standard InChI is InChI=1S/C17H23N7O3S/c1-11(2)14-9-15(24(21-14)17-18-7-6-8-19-17)22-28(25,26)16-12(3)20-23(10-27-5)13(16)4/h6-9,11,22H,10H2,1-5H3. The molecule has 3 aromatic rings. The molecule has 0 fully saturated rings. The molecule has 11 heteroatoms. The maximum atomic E-state index is 13.1. The van der Waals surface area contributed by atoms with Gasteiger partial charge in [-0.15, -0.1) is 0 Å². The molecule has 0 spiro atoms. The summed E-state index contributed by atoms with van der Waals surface area (Å²) in [7, 11) is -2.40. The summed E-state index contributed by atoms with van der Waals surface area (Å²) < 4.78 is 36.8. The van der Waals surface area contributed by atoms with Gasteiger partial charge in [0.1, 0.15) is 17.4 Å². The smallest absolute Gasteiger partial charge is 0.266 e. The van der Waals surface area contributed by atoms with Crippen LogP contribution < -0.4 is 4.72 Å². The van der Waals surface area contributed by atoms with Gasteiger partial charge < -0.3 is 4.74 Å². The fourth-order valence-electron chi connectivity index (χ4n) is 2.81. The van der Waals surface area contributed by atoms with E-state index in [0.29, 0.717) is 17.1 Å². The Morgan fingerprint density at radius 2 is 1.86 bits per heavy atom. The highest BCUT2D eigenvalue weighted by Crippen LogP contribution is 2.26. The van der Waals surface area contributed by atoms with Crippen molar-refractivity contribution in [3.63, 3.8) is 0 Å². The van der Waals surface area contributed by atoms with E-state index in [9.17, 15) is 8.42 Å². The fourth-order valence-corrected chi connectivity index (χ4v) is 4.26. The predicted molar refractivity (Wildman–Crippen MR) is 103 cm³/mol.